The molecule has 1 amide bonds. The molecule has 0 spiro atoms. The quantitative estimate of drug-likeness (QED) is 0.625. The molecule has 2 aromatic carbocycles. The summed E-state index contributed by atoms with van der Waals surface area (Å²) in [6.07, 6.45) is 2.36. The van der Waals surface area contributed by atoms with E-state index in [4.69, 9.17) is 0 Å². The van der Waals surface area contributed by atoms with Crippen LogP contribution in [-0.4, -0.2) is 41.8 Å². The van der Waals surface area contributed by atoms with E-state index in [9.17, 15) is 26.0 Å². The summed E-state index contributed by atoms with van der Waals surface area (Å²) in [5, 5.41) is 2.79. The van der Waals surface area contributed by atoms with Crippen LogP contribution < -0.4 is 9.62 Å². The van der Waals surface area contributed by atoms with Gasteiger partial charge in [-0.1, -0.05) is 24.3 Å². The van der Waals surface area contributed by atoms with E-state index >= 15 is 0 Å². The number of anilines is 1. The molecule has 0 aliphatic rings. The van der Waals surface area contributed by atoms with Crippen molar-refractivity contribution in [2.24, 2.45) is 0 Å². The molecule has 164 valence electrons. The fourth-order valence-electron chi connectivity index (χ4n) is 2.90. The van der Waals surface area contributed by atoms with Crippen LogP contribution in [0.4, 0.5) is 10.1 Å². The Balaban J connectivity index is 1.95. The van der Waals surface area contributed by atoms with Crippen LogP contribution in [0.5, 0.6) is 0 Å². The normalized spacial score (nSPS) is 12.9. The molecule has 0 unspecified atom stereocenters. The first-order valence-electron chi connectivity index (χ1n) is 9.21. The van der Waals surface area contributed by atoms with Crippen molar-refractivity contribution >= 4 is 31.5 Å². The molecule has 0 saturated heterocycles. The summed E-state index contributed by atoms with van der Waals surface area (Å²) in [5.74, 6) is -0.949. The number of carbonyl (C=O) groups excluding carboxylic acids is 1. The lowest BCUT2D eigenvalue weighted by atomic mass is 10.1. The maximum Gasteiger partial charge on any atom is 0.232 e. The molecule has 0 heterocycles. The van der Waals surface area contributed by atoms with Gasteiger partial charge in [-0.15, -0.1) is 0 Å². The first-order chi connectivity index (χ1) is 13.9. The molecular weight excluding hydrogens is 431 g/mol. The highest BCUT2D eigenvalue weighted by Gasteiger charge is 2.20. The maximum atomic E-state index is 14.0. The third-order valence-corrected chi connectivity index (χ3v) is 6.78. The first kappa shape index (κ1) is 23.8. The molecule has 0 radical (unpaired) electrons. The average Bonchev–Trinajstić information content (AvgIpc) is 2.64. The van der Waals surface area contributed by atoms with Crippen molar-refractivity contribution in [3.05, 3.63) is 59.9 Å². The topological polar surface area (TPSA) is 101 Å². The molecule has 0 saturated carbocycles. The first-order valence-corrected chi connectivity index (χ1v) is 12.9. The molecule has 0 aliphatic heterocycles. The van der Waals surface area contributed by atoms with Crippen LogP contribution in [0.1, 0.15) is 31.4 Å². The summed E-state index contributed by atoms with van der Waals surface area (Å²) in [6, 6.07) is 11.4. The molecule has 0 aromatic heterocycles. The minimum atomic E-state index is -3.71. The Bertz CT molecular complexity index is 1100. The van der Waals surface area contributed by atoms with Gasteiger partial charge < -0.3 is 5.32 Å². The zero-order valence-corrected chi connectivity index (χ0v) is 18.6. The van der Waals surface area contributed by atoms with Crippen molar-refractivity contribution in [3.8, 4) is 0 Å². The van der Waals surface area contributed by atoms with Gasteiger partial charge in [0.05, 0.1) is 22.9 Å². The predicted molar refractivity (Wildman–Crippen MR) is 114 cm³/mol. The van der Waals surface area contributed by atoms with Gasteiger partial charge >= 0.3 is 0 Å². The van der Waals surface area contributed by atoms with Gasteiger partial charge in [0.25, 0.3) is 0 Å². The van der Waals surface area contributed by atoms with E-state index in [0.717, 1.165) is 22.4 Å². The number of amides is 1. The Morgan fingerprint density at radius 1 is 1.03 bits per heavy atom. The number of carbonyl (C=O) groups is 1. The molecule has 1 N–H and O–H groups in total. The molecule has 0 bridgehead atoms. The van der Waals surface area contributed by atoms with Crippen molar-refractivity contribution in [3.63, 3.8) is 0 Å². The highest BCUT2D eigenvalue weighted by molar-refractivity contribution is 7.92. The van der Waals surface area contributed by atoms with Crippen LogP contribution in [0, 0.1) is 5.82 Å². The minimum Gasteiger partial charge on any atom is -0.350 e. The van der Waals surface area contributed by atoms with Crippen LogP contribution >= 0.6 is 0 Å². The van der Waals surface area contributed by atoms with E-state index in [1.54, 1.807) is 25.1 Å². The maximum absolute atomic E-state index is 14.0. The molecule has 1 atom stereocenters. The summed E-state index contributed by atoms with van der Waals surface area (Å²) < 4.78 is 62.1. The van der Waals surface area contributed by atoms with Gasteiger partial charge in [-0.2, -0.15) is 0 Å². The summed E-state index contributed by atoms with van der Waals surface area (Å²) in [7, 11) is -7.00. The average molecular weight is 457 g/mol. The third kappa shape index (κ3) is 6.53. The van der Waals surface area contributed by atoms with Gasteiger partial charge in [-0.3, -0.25) is 9.10 Å². The minimum absolute atomic E-state index is 0.0371. The Labute approximate surface area is 176 Å². The van der Waals surface area contributed by atoms with E-state index in [0.29, 0.717) is 0 Å². The predicted octanol–water partition coefficient (Wildman–Crippen LogP) is 2.65. The SMILES string of the molecule is C[C@@H](NC(=O)CCCN(c1ccccc1F)S(C)(=O)=O)c1ccc(S(C)(=O)=O)cc1. The fourth-order valence-corrected chi connectivity index (χ4v) is 4.50. The largest absolute Gasteiger partial charge is 0.350 e. The number of sulfone groups is 1. The molecule has 2 aromatic rings. The standard InChI is InChI=1S/C20H25FN2O5S2/c1-15(16-10-12-17(13-11-16)29(2,25)26)22-20(24)9-6-14-23(30(3,27)28)19-8-5-4-7-18(19)21/h4-5,7-8,10-13,15H,6,9,14H2,1-3H3,(H,22,24)/t15-/m1/s1. The van der Waals surface area contributed by atoms with Crippen molar-refractivity contribution < 1.29 is 26.0 Å². The van der Waals surface area contributed by atoms with E-state index in [-0.39, 0.29) is 41.9 Å². The zero-order chi connectivity index (χ0) is 22.5. The number of benzene rings is 2. The second-order valence-electron chi connectivity index (χ2n) is 7.02. The van der Waals surface area contributed by atoms with Crippen LogP contribution in [-0.2, 0) is 24.7 Å². The second kappa shape index (κ2) is 9.57. The van der Waals surface area contributed by atoms with Gasteiger partial charge in [0.2, 0.25) is 15.9 Å². The number of nitrogens with one attached hydrogen (secondary N) is 1. The lowest BCUT2D eigenvalue weighted by Crippen LogP contribution is -2.33. The summed E-state index contributed by atoms with van der Waals surface area (Å²) in [6.45, 7) is 1.72. The second-order valence-corrected chi connectivity index (χ2v) is 10.9. The van der Waals surface area contributed by atoms with Crippen LogP contribution in [0.25, 0.3) is 0 Å². The number of hydrogen-bond donors (Lipinski definition) is 1. The lowest BCUT2D eigenvalue weighted by Gasteiger charge is -2.23. The number of halogens is 1. The monoisotopic (exact) mass is 456 g/mol. The number of para-hydroxylation sites is 1. The molecule has 7 nitrogen and oxygen atoms in total. The fraction of sp³-hybridized carbons (Fsp3) is 0.350. The van der Waals surface area contributed by atoms with Gasteiger partial charge in [-0.05, 0) is 43.2 Å². The van der Waals surface area contributed by atoms with Gasteiger partial charge in [0, 0.05) is 19.2 Å². The van der Waals surface area contributed by atoms with E-state index < -0.39 is 25.7 Å². The molecule has 30 heavy (non-hydrogen) atoms. The molecular formula is C20H25FN2O5S2. The zero-order valence-electron chi connectivity index (χ0n) is 17.0. The number of nitrogens with zero attached hydrogens (tertiary/aromatic N) is 1. The smallest absolute Gasteiger partial charge is 0.232 e. The highest BCUT2D eigenvalue weighted by Crippen LogP contribution is 2.22. The van der Waals surface area contributed by atoms with E-state index in [2.05, 4.69) is 5.32 Å². The number of hydrogen-bond acceptors (Lipinski definition) is 5. The van der Waals surface area contributed by atoms with Crippen molar-refractivity contribution in [2.75, 3.05) is 23.4 Å². The van der Waals surface area contributed by atoms with Gasteiger partial charge in [-0.25, -0.2) is 21.2 Å². The van der Waals surface area contributed by atoms with Crippen molar-refractivity contribution in [1.29, 1.82) is 0 Å². The Hall–Kier alpha value is -2.46. The van der Waals surface area contributed by atoms with Crippen LogP contribution in [0.2, 0.25) is 0 Å². The van der Waals surface area contributed by atoms with Gasteiger partial charge in [0.15, 0.2) is 9.84 Å². The summed E-state index contributed by atoms with van der Waals surface area (Å²) >= 11 is 0. The summed E-state index contributed by atoms with van der Waals surface area (Å²) in [5.41, 5.74) is 0.680. The van der Waals surface area contributed by atoms with Crippen molar-refractivity contribution in [2.45, 2.75) is 30.7 Å². The van der Waals surface area contributed by atoms with Crippen LogP contribution in [0.3, 0.4) is 0 Å². The highest BCUT2D eigenvalue weighted by atomic mass is 32.2. The lowest BCUT2D eigenvalue weighted by molar-refractivity contribution is -0.121. The molecule has 0 aliphatic carbocycles. The van der Waals surface area contributed by atoms with Crippen molar-refractivity contribution in [1.82, 2.24) is 5.32 Å². The van der Waals surface area contributed by atoms with Gasteiger partial charge in [0.1, 0.15) is 5.82 Å². The molecule has 0 fully saturated rings. The number of sulfonamides is 1. The third-order valence-electron chi connectivity index (χ3n) is 4.47. The van der Waals surface area contributed by atoms with Crippen LogP contribution in [0.15, 0.2) is 53.4 Å². The number of rotatable bonds is 9. The van der Waals surface area contributed by atoms with E-state index in [1.807, 2.05) is 0 Å². The van der Waals surface area contributed by atoms with E-state index in [1.165, 1.54) is 30.3 Å². The Morgan fingerprint density at radius 3 is 2.17 bits per heavy atom. The molecule has 2 rings (SSSR count). The Kier molecular flexibility index (Phi) is 7.59. The molecule has 10 heteroatoms. The Morgan fingerprint density at radius 2 is 1.63 bits per heavy atom. The summed E-state index contributed by atoms with van der Waals surface area (Å²) in [4.78, 5) is 12.4.